The average molecular weight is 446 g/mol. The van der Waals surface area contributed by atoms with Gasteiger partial charge in [-0.25, -0.2) is 9.97 Å². The van der Waals surface area contributed by atoms with Crippen LogP contribution in [-0.2, 0) is 11.3 Å². The van der Waals surface area contributed by atoms with Crippen molar-refractivity contribution in [2.75, 3.05) is 12.1 Å². The van der Waals surface area contributed by atoms with E-state index in [1.807, 2.05) is 24.3 Å². The van der Waals surface area contributed by atoms with Crippen LogP contribution >= 0.6 is 22.9 Å². The lowest BCUT2D eigenvalue weighted by Crippen LogP contribution is -2.21. The third kappa shape index (κ3) is 3.77. The monoisotopic (exact) mass is 445 g/mol. The van der Waals surface area contributed by atoms with Crippen LogP contribution in [0.5, 0.6) is 11.5 Å². The number of hydrogen-bond acceptors (Lipinski definition) is 7. The largest absolute Gasteiger partial charge is 0.481 e. The van der Waals surface area contributed by atoms with Gasteiger partial charge in [-0.05, 0) is 49.4 Å². The summed E-state index contributed by atoms with van der Waals surface area (Å²) >= 11 is 7.69. The second kappa shape index (κ2) is 7.92. The molecule has 0 bridgehead atoms. The van der Waals surface area contributed by atoms with Crippen LogP contribution in [0.2, 0.25) is 4.34 Å². The van der Waals surface area contributed by atoms with E-state index in [9.17, 15) is 9.90 Å². The Labute approximate surface area is 182 Å². The lowest BCUT2D eigenvalue weighted by molar-refractivity contribution is -0.142. The number of fused-ring (bicyclic) bond motifs is 2. The fraction of sp³-hybridized carbons (Fsp3) is 0.381. The average Bonchev–Trinajstić information content (AvgIpc) is 3.37. The van der Waals surface area contributed by atoms with Gasteiger partial charge in [0, 0.05) is 12.5 Å². The second-order valence-electron chi connectivity index (χ2n) is 7.63. The maximum atomic E-state index is 11.2. The maximum absolute atomic E-state index is 11.2. The Morgan fingerprint density at radius 1 is 1.17 bits per heavy atom. The van der Waals surface area contributed by atoms with E-state index in [2.05, 4.69) is 5.32 Å². The summed E-state index contributed by atoms with van der Waals surface area (Å²) in [6.45, 7) is 0.820. The number of aromatic nitrogens is 2. The molecule has 1 saturated carbocycles. The molecule has 5 rings (SSSR count). The first-order valence-electron chi connectivity index (χ1n) is 9.89. The number of carboxylic acid groups (broad SMARTS) is 1. The predicted octanol–water partition coefficient (Wildman–Crippen LogP) is 5.04. The summed E-state index contributed by atoms with van der Waals surface area (Å²) in [5, 5.41) is 13.6. The summed E-state index contributed by atoms with van der Waals surface area (Å²) in [5.74, 6) is 2.21. The van der Waals surface area contributed by atoms with Gasteiger partial charge in [0.25, 0.3) is 0 Å². The van der Waals surface area contributed by atoms with Crippen LogP contribution < -0.4 is 14.8 Å². The first kappa shape index (κ1) is 19.4. The van der Waals surface area contributed by atoms with Gasteiger partial charge in [0.1, 0.15) is 16.5 Å². The van der Waals surface area contributed by atoms with Crippen molar-refractivity contribution in [3.63, 3.8) is 0 Å². The molecule has 3 aromatic rings. The Morgan fingerprint density at radius 3 is 2.77 bits per heavy atom. The minimum absolute atomic E-state index is 0.164. The highest BCUT2D eigenvalue weighted by Gasteiger charge is 2.29. The second-order valence-corrected chi connectivity index (χ2v) is 9.29. The number of nitrogens with one attached hydrogen (secondary N) is 1. The number of thiophene rings is 1. The zero-order valence-electron chi connectivity index (χ0n) is 16.1. The molecule has 0 atom stereocenters. The van der Waals surface area contributed by atoms with Crippen molar-refractivity contribution >= 4 is 44.9 Å². The van der Waals surface area contributed by atoms with Crippen molar-refractivity contribution in [3.05, 3.63) is 40.0 Å². The number of aliphatic carboxylic acids is 1. The molecule has 3 heterocycles. The third-order valence-corrected chi connectivity index (χ3v) is 6.88. The number of rotatable bonds is 5. The predicted molar refractivity (Wildman–Crippen MR) is 115 cm³/mol. The van der Waals surface area contributed by atoms with Crippen LogP contribution in [0.4, 0.5) is 5.82 Å². The van der Waals surface area contributed by atoms with E-state index in [4.69, 9.17) is 31.0 Å². The van der Waals surface area contributed by atoms with E-state index in [1.54, 1.807) is 0 Å². The zero-order valence-corrected chi connectivity index (χ0v) is 17.6. The van der Waals surface area contributed by atoms with Crippen molar-refractivity contribution < 1.29 is 19.4 Å². The van der Waals surface area contributed by atoms with Crippen molar-refractivity contribution in [1.29, 1.82) is 0 Å². The van der Waals surface area contributed by atoms with Gasteiger partial charge < -0.3 is 19.9 Å². The molecule has 156 valence electrons. The molecule has 0 radical (unpaired) electrons. The van der Waals surface area contributed by atoms with E-state index in [0.717, 1.165) is 51.8 Å². The molecule has 30 heavy (non-hydrogen) atoms. The van der Waals surface area contributed by atoms with Crippen LogP contribution in [0, 0.1) is 5.92 Å². The van der Waals surface area contributed by atoms with E-state index < -0.39 is 5.97 Å². The maximum Gasteiger partial charge on any atom is 0.306 e. The molecule has 9 heteroatoms. The fourth-order valence-corrected chi connectivity index (χ4v) is 5.16. The molecule has 2 aromatic heterocycles. The zero-order chi connectivity index (χ0) is 20.7. The van der Waals surface area contributed by atoms with Crippen molar-refractivity contribution in [2.45, 2.75) is 38.1 Å². The molecular formula is C21H20ClN3O4S. The number of halogens is 1. The van der Waals surface area contributed by atoms with Gasteiger partial charge in [-0.15, -0.1) is 11.3 Å². The lowest BCUT2D eigenvalue weighted by atomic mass is 9.81. The Morgan fingerprint density at radius 2 is 1.97 bits per heavy atom. The van der Waals surface area contributed by atoms with E-state index >= 15 is 0 Å². The molecule has 0 saturated heterocycles. The number of ether oxygens (including phenoxy) is 2. The van der Waals surface area contributed by atoms with Gasteiger partial charge in [-0.2, -0.15) is 0 Å². The van der Waals surface area contributed by atoms with Gasteiger partial charge in [0.2, 0.25) is 6.79 Å². The summed E-state index contributed by atoms with van der Waals surface area (Å²) in [6, 6.07) is 7.74. The number of carboxylic acids is 1. The molecule has 1 aliphatic carbocycles. The first-order valence-corrected chi connectivity index (χ1v) is 11.1. The first-order chi connectivity index (χ1) is 14.6. The topological polar surface area (TPSA) is 93.6 Å². The molecule has 7 nitrogen and oxygen atoms in total. The van der Waals surface area contributed by atoms with Gasteiger partial charge in [0.15, 0.2) is 11.5 Å². The Kier molecular flexibility index (Phi) is 5.12. The van der Waals surface area contributed by atoms with E-state index in [0.29, 0.717) is 23.7 Å². The lowest BCUT2D eigenvalue weighted by Gasteiger charge is -2.25. The summed E-state index contributed by atoms with van der Waals surface area (Å²) in [4.78, 5) is 21.7. The summed E-state index contributed by atoms with van der Waals surface area (Å²) in [6.07, 6.45) is 2.88. The van der Waals surface area contributed by atoms with E-state index in [-0.39, 0.29) is 18.6 Å². The summed E-state index contributed by atoms with van der Waals surface area (Å²) < 4.78 is 11.5. The number of benzene rings is 1. The van der Waals surface area contributed by atoms with Crippen LogP contribution in [-0.4, -0.2) is 27.8 Å². The highest BCUT2D eigenvalue weighted by molar-refractivity contribution is 7.22. The SMILES string of the molecule is O=C(O)C1CCC(c2nc(NCc3ccc4c(c3)OCO4)c3cc(Cl)sc3n2)CC1. The molecule has 1 fully saturated rings. The number of anilines is 1. The number of hydrogen-bond donors (Lipinski definition) is 2. The fourth-order valence-electron chi connectivity index (χ4n) is 4.06. The Balaban J connectivity index is 1.39. The molecule has 0 spiro atoms. The molecule has 1 aliphatic heterocycles. The quantitative estimate of drug-likeness (QED) is 0.567. The molecular weight excluding hydrogens is 426 g/mol. The van der Waals surface area contributed by atoms with Crippen LogP contribution in [0.25, 0.3) is 10.2 Å². The number of carbonyl (C=O) groups is 1. The Bertz CT molecular complexity index is 1110. The highest BCUT2D eigenvalue weighted by atomic mass is 35.5. The van der Waals surface area contributed by atoms with Crippen LogP contribution in [0.1, 0.15) is 43.0 Å². The molecule has 1 aromatic carbocycles. The van der Waals surface area contributed by atoms with Gasteiger partial charge >= 0.3 is 5.97 Å². The summed E-state index contributed by atoms with van der Waals surface area (Å²) in [5.41, 5.74) is 1.05. The minimum atomic E-state index is -0.707. The Hall–Kier alpha value is -2.58. The van der Waals surface area contributed by atoms with Crippen molar-refractivity contribution in [2.24, 2.45) is 5.92 Å². The normalized spacial score (nSPS) is 20.4. The van der Waals surface area contributed by atoms with Gasteiger partial charge in [-0.3, -0.25) is 4.79 Å². The third-order valence-electron chi connectivity index (χ3n) is 5.72. The molecule has 2 aliphatic rings. The number of nitrogens with zero attached hydrogens (tertiary/aromatic N) is 2. The summed E-state index contributed by atoms with van der Waals surface area (Å²) in [7, 11) is 0. The van der Waals surface area contributed by atoms with Crippen molar-refractivity contribution in [1.82, 2.24) is 9.97 Å². The minimum Gasteiger partial charge on any atom is -0.481 e. The van der Waals surface area contributed by atoms with Gasteiger partial charge in [0.05, 0.1) is 15.6 Å². The van der Waals surface area contributed by atoms with Crippen molar-refractivity contribution in [3.8, 4) is 11.5 Å². The molecule has 0 unspecified atom stereocenters. The van der Waals surface area contributed by atoms with Crippen LogP contribution in [0.15, 0.2) is 24.3 Å². The van der Waals surface area contributed by atoms with Gasteiger partial charge in [-0.1, -0.05) is 17.7 Å². The molecule has 2 N–H and O–H groups in total. The van der Waals surface area contributed by atoms with Crippen LogP contribution in [0.3, 0.4) is 0 Å². The van der Waals surface area contributed by atoms with E-state index in [1.165, 1.54) is 11.3 Å². The molecule has 0 amide bonds. The smallest absolute Gasteiger partial charge is 0.306 e. The highest BCUT2D eigenvalue weighted by Crippen LogP contribution is 2.38. The standard InChI is InChI=1S/C21H20ClN3O4S/c22-17-8-14-19(23-9-11-1-6-15-16(7-11)29-10-28-15)24-18(25-20(14)30-17)12-2-4-13(5-3-12)21(26)27/h1,6-8,12-13H,2-5,9-10H2,(H,26,27)(H,23,24,25).